The second-order valence-corrected chi connectivity index (χ2v) is 5.00. The van der Waals surface area contributed by atoms with Crippen LogP contribution >= 0.6 is 27.5 Å². The van der Waals surface area contributed by atoms with Crippen LogP contribution in [0.3, 0.4) is 0 Å². The van der Waals surface area contributed by atoms with Crippen LogP contribution in [-0.4, -0.2) is 12.1 Å². The Hall–Kier alpha value is -1.01. The molecular weight excluding hydrogens is 348 g/mol. The first-order valence-corrected chi connectivity index (χ1v) is 6.21. The minimum atomic E-state index is -4.65. The Morgan fingerprint density at radius 2 is 2.00 bits per heavy atom. The molecule has 1 rings (SSSR count). The van der Waals surface area contributed by atoms with E-state index in [1.807, 2.05) is 0 Å². The van der Waals surface area contributed by atoms with E-state index in [1.54, 1.807) is 13.0 Å². The van der Waals surface area contributed by atoms with Gasteiger partial charge in [0.25, 0.3) is 0 Å². The number of carbonyl (C=O) groups excluding carboxylic acids is 1. The largest absolute Gasteiger partial charge is 0.426 e. The van der Waals surface area contributed by atoms with Gasteiger partial charge in [0.2, 0.25) is 0 Å². The zero-order chi connectivity index (χ0) is 14.8. The van der Waals surface area contributed by atoms with Crippen LogP contribution in [0.1, 0.15) is 18.1 Å². The predicted molar refractivity (Wildman–Crippen MR) is 70.1 cm³/mol. The van der Waals surface area contributed by atoms with Gasteiger partial charge in [-0.2, -0.15) is 13.2 Å². The molecule has 0 saturated heterocycles. The van der Waals surface area contributed by atoms with Crippen molar-refractivity contribution in [1.29, 1.82) is 0 Å². The fraction of sp³-hybridized carbons (Fsp3) is 0.250. The highest BCUT2D eigenvalue weighted by Gasteiger charge is 2.32. The van der Waals surface area contributed by atoms with E-state index in [9.17, 15) is 18.0 Å². The molecule has 0 aliphatic rings. The first-order chi connectivity index (χ1) is 8.61. The van der Waals surface area contributed by atoms with Crippen molar-refractivity contribution in [3.05, 3.63) is 32.8 Å². The standard InChI is InChI=1S/C12H9BrClF3O2/c1-6-3-9(13)8(5-11(14)12(15,16)17)10(4-6)19-7(2)18/h3-5H,1-2H3. The lowest BCUT2D eigenvalue weighted by molar-refractivity contribution is -0.131. The number of rotatable bonds is 2. The minimum Gasteiger partial charge on any atom is -0.426 e. The van der Waals surface area contributed by atoms with Crippen molar-refractivity contribution in [3.63, 3.8) is 0 Å². The van der Waals surface area contributed by atoms with Gasteiger partial charge >= 0.3 is 12.1 Å². The molecule has 0 N–H and O–H groups in total. The van der Waals surface area contributed by atoms with Crippen molar-refractivity contribution < 1.29 is 22.7 Å². The van der Waals surface area contributed by atoms with Crippen molar-refractivity contribution in [1.82, 2.24) is 0 Å². The monoisotopic (exact) mass is 356 g/mol. The molecule has 0 atom stereocenters. The molecule has 0 aliphatic carbocycles. The number of benzene rings is 1. The third-order valence-electron chi connectivity index (χ3n) is 2.03. The molecule has 0 amide bonds. The van der Waals surface area contributed by atoms with Crippen molar-refractivity contribution in [2.75, 3.05) is 0 Å². The fourth-order valence-corrected chi connectivity index (χ4v) is 2.09. The summed E-state index contributed by atoms with van der Waals surface area (Å²) in [5.74, 6) is -0.614. The van der Waals surface area contributed by atoms with E-state index in [-0.39, 0.29) is 11.3 Å². The van der Waals surface area contributed by atoms with Gasteiger partial charge in [0.15, 0.2) is 0 Å². The van der Waals surface area contributed by atoms with E-state index in [1.165, 1.54) is 6.07 Å². The summed E-state index contributed by atoms with van der Waals surface area (Å²) in [6.45, 7) is 2.88. The van der Waals surface area contributed by atoms with Crippen LogP contribution in [0.5, 0.6) is 5.75 Å². The van der Waals surface area contributed by atoms with Crippen LogP contribution in [0.15, 0.2) is 21.6 Å². The molecule has 0 bridgehead atoms. The maximum atomic E-state index is 12.4. The normalized spacial score (nSPS) is 12.5. The van der Waals surface area contributed by atoms with Gasteiger partial charge in [-0.25, -0.2) is 0 Å². The van der Waals surface area contributed by atoms with Gasteiger partial charge in [0.1, 0.15) is 10.8 Å². The number of allylic oxidation sites excluding steroid dienone is 1. The molecule has 0 aromatic heterocycles. The number of esters is 1. The Kier molecular flexibility index (Phi) is 5.04. The van der Waals surface area contributed by atoms with Gasteiger partial charge < -0.3 is 4.74 Å². The molecule has 1 aromatic carbocycles. The van der Waals surface area contributed by atoms with Gasteiger partial charge in [-0.3, -0.25) is 4.79 Å². The highest BCUT2D eigenvalue weighted by atomic mass is 79.9. The van der Waals surface area contributed by atoms with E-state index in [0.29, 0.717) is 10.5 Å². The van der Waals surface area contributed by atoms with Crippen LogP contribution in [0.25, 0.3) is 6.08 Å². The molecule has 0 heterocycles. The van der Waals surface area contributed by atoms with Gasteiger partial charge in [-0.15, -0.1) is 0 Å². The summed E-state index contributed by atoms with van der Waals surface area (Å²) in [6, 6.07) is 3.05. The first kappa shape index (κ1) is 16.0. The van der Waals surface area contributed by atoms with E-state index < -0.39 is 17.2 Å². The summed E-state index contributed by atoms with van der Waals surface area (Å²) in [6.07, 6.45) is -3.94. The van der Waals surface area contributed by atoms with Crippen LogP contribution < -0.4 is 4.74 Å². The van der Waals surface area contributed by atoms with Crippen molar-refractivity contribution in [3.8, 4) is 5.75 Å². The van der Waals surface area contributed by atoms with Gasteiger partial charge in [-0.05, 0) is 30.7 Å². The minimum absolute atomic E-state index is 0.0155. The summed E-state index contributed by atoms with van der Waals surface area (Å²) in [7, 11) is 0. The topological polar surface area (TPSA) is 26.3 Å². The van der Waals surface area contributed by atoms with Crippen LogP contribution in [0.4, 0.5) is 13.2 Å². The quantitative estimate of drug-likeness (QED) is 0.560. The zero-order valence-corrected chi connectivity index (χ0v) is 12.3. The van der Waals surface area contributed by atoms with Crippen LogP contribution in [-0.2, 0) is 4.79 Å². The fourth-order valence-electron chi connectivity index (χ4n) is 1.31. The van der Waals surface area contributed by atoms with Crippen molar-refractivity contribution in [2.24, 2.45) is 0 Å². The molecule has 2 nitrogen and oxygen atoms in total. The second kappa shape index (κ2) is 5.96. The molecule has 0 radical (unpaired) electrons. The number of hydrogen-bond acceptors (Lipinski definition) is 2. The SMILES string of the molecule is CC(=O)Oc1cc(C)cc(Br)c1C=C(Cl)C(F)(F)F. The molecule has 0 unspecified atom stereocenters. The Labute approximate surface area is 121 Å². The number of halogens is 5. The molecule has 0 fully saturated rings. The van der Waals surface area contributed by atoms with E-state index >= 15 is 0 Å². The third kappa shape index (κ3) is 4.54. The average molecular weight is 358 g/mol. The Morgan fingerprint density at radius 3 is 2.47 bits per heavy atom. The van der Waals surface area contributed by atoms with E-state index in [0.717, 1.165) is 12.5 Å². The third-order valence-corrected chi connectivity index (χ3v) is 3.01. The van der Waals surface area contributed by atoms with Crippen molar-refractivity contribution in [2.45, 2.75) is 20.0 Å². The molecular formula is C12H9BrClF3O2. The van der Waals surface area contributed by atoms with Gasteiger partial charge in [0, 0.05) is 17.0 Å². The molecule has 0 saturated carbocycles. The summed E-state index contributed by atoms with van der Waals surface area (Å²) >= 11 is 8.31. The highest BCUT2D eigenvalue weighted by molar-refractivity contribution is 9.10. The number of ether oxygens (including phenoxy) is 1. The smallest absolute Gasteiger partial charge is 0.426 e. The average Bonchev–Trinajstić information content (AvgIpc) is 2.20. The molecule has 19 heavy (non-hydrogen) atoms. The Bertz CT molecular complexity index is 539. The Morgan fingerprint density at radius 1 is 1.42 bits per heavy atom. The molecule has 0 aliphatic heterocycles. The van der Waals surface area contributed by atoms with E-state index in [4.69, 9.17) is 16.3 Å². The Balaban J connectivity index is 3.37. The number of hydrogen-bond donors (Lipinski definition) is 0. The summed E-state index contributed by atoms with van der Waals surface area (Å²) < 4.78 is 42.5. The van der Waals surface area contributed by atoms with Crippen molar-refractivity contribution >= 4 is 39.6 Å². The number of carbonyl (C=O) groups is 1. The molecule has 104 valence electrons. The maximum absolute atomic E-state index is 12.4. The molecule has 0 spiro atoms. The maximum Gasteiger partial charge on any atom is 0.426 e. The lowest BCUT2D eigenvalue weighted by atomic mass is 10.1. The lowest BCUT2D eigenvalue weighted by Crippen LogP contribution is -2.08. The van der Waals surface area contributed by atoms with Crippen LogP contribution in [0, 0.1) is 6.92 Å². The number of aryl methyl sites for hydroxylation is 1. The zero-order valence-electron chi connectivity index (χ0n) is 9.94. The van der Waals surface area contributed by atoms with Gasteiger partial charge in [0.05, 0.1) is 0 Å². The second-order valence-electron chi connectivity index (χ2n) is 3.74. The summed E-state index contributed by atoms with van der Waals surface area (Å²) in [4.78, 5) is 11.0. The van der Waals surface area contributed by atoms with Gasteiger partial charge in [-0.1, -0.05) is 27.5 Å². The van der Waals surface area contributed by atoms with E-state index in [2.05, 4.69) is 15.9 Å². The molecule has 1 aromatic rings. The lowest BCUT2D eigenvalue weighted by Gasteiger charge is -2.11. The highest BCUT2D eigenvalue weighted by Crippen LogP contribution is 2.36. The first-order valence-electron chi connectivity index (χ1n) is 5.04. The molecule has 7 heteroatoms. The van der Waals surface area contributed by atoms with Crippen LogP contribution in [0.2, 0.25) is 0 Å². The summed E-state index contributed by atoms with van der Waals surface area (Å²) in [5, 5.41) is -1.30. The predicted octanol–water partition coefficient (Wildman–Crippen LogP) is 4.82. The number of alkyl halides is 3. The summed E-state index contributed by atoms with van der Waals surface area (Å²) in [5.41, 5.74) is 0.784.